The molecule has 1 saturated heterocycles. The molecule has 194 valence electrons. The maximum absolute atomic E-state index is 12.8. The van der Waals surface area contributed by atoms with Crippen LogP contribution in [0.15, 0.2) is 82.8 Å². The summed E-state index contributed by atoms with van der Waals surface area (Å²) in [7, 11) is -2.06. The quantitative estimate of drug-likeness (QED) is 0.360. The minimum Gasteiger partial charge on any atom is -0.378 e. The van der Waals surface area contributed by atoms with Crippen molar-refractivity contribution in [3.63, 3.8) is 0 Å². The molecule has 0 saturated carbocycles. The molecule has 1 aliphatic heterocycles. The van der Waals surface area contributed by atoms with E-state index in [2.05, 4.69) is 27.6 Å². The smallest absolute Gasteiger partial charge is 0.271 e. The van der Waals surface area contributed by atoms with Crippen LogP contribution in [0.2, 0.25) is 0 Å². The summed E-state index contributed by atoms with van der Waals surface area (Å²) in [5.74, 6) is -0.337. The first kappa shape index (κ1) is 26.5. The molecule has 3 aromatic rings. The molecule has 0 bridgehead atoms. The van der Waals surface area contributed by atoms with E-state index in [1.54, 1.807) is 55.6 Å². The second-order valence-electron chi connectivity index (χ2n) is 9.06. The van der Waals surface area contributed by atoms with Crippen LogP contribution in [0.1, 0.15) is 34.0 Å². The third-order valence-corrected chi connectivity index (χ3v) is 8.15. The summed E-state index contributed by atoms with van der Waals surface area (Å²) in [6.45, 7) is 7.17. The molecule has 4 rings (SSSR count). The van der Waals surface area contributed by atoms with E-state index in [0.29, 0.717) is 11.3 Å². The molecule has 1 N–H and O–H groups in total. The van der Waals surface area contributed by atoms with Gasteiger partial charge in [-0.25, -0.2) is 13.8 Å². The Hall–Kier alpha value is -3.53. The van der Waals surface area contributed by atoms with Crippen LogP contribution >= 0.6 is 0 Å². The highest BCUT2D eigenvalue weighted by Crippen LogP contribution is 2.19. The average molecular weight is 521 g/mol. The van der Waals surface area contributed by atoms with E-state index in [1.807, 2.05) is 26.0 Å². The van der Waals surface area contributed by atoms with Gasteiger partial charge in [0.1, 0.15) is 0 Å². The van der Waals surface area contributed by atoms with Crippen molar-refractivity contribution in [2.45, 2.75) is 25.3 Å². The predicted octanol–water partition coefficient (Wildman–Crippen LogP) is 3.81. The number of hydrogen-bond donors (Lipinski definition) is 1. The van der Waals surface area contributed by atoms with Gasteiger partial charge < -0.3 is 9.64 Å². The summed E-state index contributed by atoms with van der Waals surface area (Å²) in [6.07, 6.45) is 0. The predicted molar refractivity (Wildman–Crippen MR) is 145 cm³/mol. The molecule has 0 unspecified atom stereocenters. The van der Waals surface area contributed by atoms with Crippen molar-refractivity contribution in [2.24, 2.45) is 5.10 Å². The van der Waals surface area contributed by atoms with Crippen molar-refractivity contribution in [3.05, 3.63) is 95.1 Å². The number of hydrogen-bond acceptors (Lipinski definition) is 6. The zero-order valence-corrected chi connectivity index (χ0v) is 22.2. The minimum absolute atomic E-state index is 0.190. The number of anilines is 1. The van der Waals surface area contributed by atoms with Crippen LogP contribution < -0.4 is 10.3 Å². The summed E-state index contributed by atoms with van der Waals surface area (Å²) in [5, 5.41) is 4.25. The number of morpholine rings is 1. The third kappa shape index (κ3) is 6.62. The third-order valence-electron chi connectivity index (χ3n) is 6.34. The number of ether oxygens (including phenoxy) is 1. The van der Waals surface area contributed by atoms with Crippen molar-refractivity contribution in [1.82, 2.24) is 9.73 Å². The Kier molecular flexibility index (Phi) is 8.38. The zero-order chi connectivity index (χ0) is 26.4. The van der Waals surface area contributed by atoms with Crippen molar-refractivity contribution >= 4 is 27.3 Å². The van der Waals surface area contributed by atoms with Gasteiger partial charge in [0.25, 0.3) is 5.91 Å². The molecule has 1 heterocycles. The Balaban J connectivity index is 1.34. The molecule has 1 aliphatic rings. The Bertz CT molecular complexity index is 1350. The zero-order valence-electron chi connectivity index (χ0n) is 21.3. The molecule has 1 amide bonds. The first-order valence-corrected chi connectivity index (χ1v) is 13.6. The van der Waals surface area contributed by atoms with Crippen molar-refractivity contribution < 1.29 is 17.9 Å². The molecule has 0 radical (unpaired) electrons. The van der Waals surface area contributed by atoms with Crippen LogP contribution in [0.4, 0.5) is 5.69 Å². The Morgan fingerprint density at radius 1 is 0.946 bits per heavy atom. The molecule has 37 heavy (non-hydrogen) atoms. The monoisotopic (exact) mass is 520 g/mol. The maximum atomic E-state index is 12.8. The van der Waals surface area contributed by atoms with Crippen LogP contribution in [-0.2, 0) is 21.3 Å². The number of sulfonamides is 1. The first-order valence-electron chi connectivity index (χ1n) is 12.1. The lowest BCUT2D eigenvalue weighted by atomic mass is 10.1. The molecule has 0 aromatic heterocycles. The number of aryl methyl sites for hydroxylation is 1. The van der Waals surface area contributed by atoms with Crippen LogP contribution in [0, 0.1) is 6.92 Å². The van der Waals surface area contributed by atoms with E-state index >= 15 is 0 Å². The summed E-state index contributed by atoms with van der Waals surface area (Å²) < 4.78 is 32.4. The summed E-state index contributed by atoms with van der Waals surface area (Å²) in [5.41, 5.74) is 7.57. The number of carbonyl (C=O) groups excluding carboxylic acids is 1. The molecular formula is C28H32N4O4S. The van der Waals surface area contributed by atoms with Crippen molar-refractivity contribution in [3.8, 4) is 0 Å². The fourth-order valence-corrected chi connectivity index (χ4v) is 5.15. The number of hydrazone groups is 1. The van der Waals surface area contributed by atoms with E-state index in [4.69, 9.17) is 4.74 Å². The second-order valence-corrected chi connectivity index (χ2v) is 11.1. The van der Waals surface area contributed by atoms with Gasteiger partial charge in [-0.05, 0) is 61.4 Å². The lowest BCUT2D eigenvalue weighted by molar-refractivity contribution is 0.0954. The maximum Gasteiger partial charge on any atom is 0.271 e. The topological polar surface area (TPSA) is 91.3 Å². The summed E-state index contributed by atoms with van der Waals surface area (Å²) in [6, 6.07) is 21.7. The van der Waals surface area contributed by atoms with E-state index < -0.39 is 10.0 Å². The molecule has 0 spiro atoms. The first-order chi connectivity index (χ1) is 17.7. The molecular weight excluding hydrogens is 488 g/mol. The lowest BCUT2D eigenvalue weighted by Crippen LogP contribution is -2.36. The van der Waals surface area contributed by atoms with Gasteiger partial charge in [-0.3, -0.25) is 4.79 Å². The highest BCUT2D eigenvalue weighted by Gasteiger charge is 2.21. The standard InChI is InChI=1S/C28H32N4O4S/c1-21-4-14-27(15-5-21)37(34,35)31(3)20-23-6-8-25(9-7-23)28(33)30-29-22(2)24-10-12-26(13-11-24)32-16-18-36-19-17-32/h4-15H,16-20H2,1-3H3,(H,30,33)/b29-22+. The highest BCUT2D eigenvalue weighted by molar-refractivity contribution is 7.89. The van der Waals surface area contributed by atoms with Gasteiger partial charge in [0.2, 0.25) is 10.0 Å². The second kappa shape index (κ2) is 11.7. The Morgan fingerprint density at radius 3 is 2.16 bits per heavy atom. The average Bonchev–Trinajstić information content (AvgIpc) is 2.92. The minimum atomic E-state index is -3.61. The van der Waals surface area contributed by atoms with Crippen LogP contribution in [0.3, 0.4) is 0 Å². The number of nitrogens with one attached hydrogen (secondary N) is 1. The number of nitrogens with zero attached hydrogens (tertiary/aromatic N) is 3. The van der Waals surface area contributed by atoms with Crippen molar-refractivity contribution in [2.75, 3.05) is 38.3 Å². The number of carbonyl (C=O) groups is 1. The normalized spacial score (nSPS) is 14.6. The number of rotatable bonds is 8. The van der Waals surface area contributed by atoms with Gasteiger partial charge in [0, 0.05) is 37.9 Å². The van der Waals surface area contributed by atoms with Crippen LogP contribution in [0.25, 0.3) is 0 Å². The molecule has 1 fully saturated rings. The Morgan fingerprint density at radius 2 is 1.54 bits per heavy atom. The summed E-state index contributed by atoms with van der Waals surface area (Å²) >= 11 is 0. The van der Waals surface area contributed by atoms with Crippen molar-refractivity contribution in [1.29, 1.82) is 0 Å². The fraction of sp³-hybridized carbons (Fsp3) is 0.286. The van der Waals surface area contributed by atoms with Gasteiger partial charge in [0.05, 0.1) is 23.8 Å². The molecule has 3 aromatic carbocycles. The van der Waals surface area contributed by atoms with Gasteiger partial charge >= 0.3 is 0 Å². The van der Waals surface area contributed by atoms with Crippen LogP contribution in [0.5, 0.6) is 0 Å². The Labute approximate surface area is 218 Å². The fourth-order valence-electron chi connectivity index (χ4n) is 3.99. The van der Waals surface area contributed by atoms with Crippen LogP contribution in [-0.4, -0.2) is 57.7 Å². The molecule has 8 nitrogen and oxygen atoms in total. The van der Waals surface area contributed by atoms with Gasteiger partial charge in [-0.2, -0.15) is 9.41 Å². The van der Waals surface area contributed by atoms with Gasteiger partial charge in [0.15, 0.2) is 0 Å². The van der Waals surface area contributed by atoms with E-state index in [1.165, 1.54) is 4.31 Å². The number of amides is 1. The van der Waals surface area contributed by atoms with E-state index in [0.717, 1.165) is 48.7 Å². The highest BCUT2D eigenvalue weighted by atomic mass is 32.2. The molecule has 9 heteroatoms. The summed E-state index contributed by atoms with van der Waals surface area (Å²) in [4.78, 5) is 15.1. The van der Waals surface area contributed by atoms with E-state index in [9.17, 15) is 13.2 Å². The van der Waals surface area contributed by atoms with Gasteiger partial charge in [-0.1, -0.05) is 42.0 Å². The SMILES string of the molecule is C/C(=N\NC(=O)c1ccc(CN(C)S(=O)(=O)c2ccc(C)cc2)cc1)c1ccc(N2CCOCC2)cc1. The molecule has 0 aliphatic carbocycles. The number of benzene rings is 3. The van der Waals surface area contributed by atoms with Gasteiger partial charge in [-0.15, -0.1) is 0 Å². The lowest BCUT2D eigenvalue weighted by Gasteiger charge is -2.28. The molecule has 0 atom stereocenters. The largest absolute Gasteiger partial charge is 0.378 e. The van der Waals surface area contributed by atoms with E-state index in [-0.39, 0.29) is 17.3 Å².